The zero-order chi connectivity index (χ0) is 18.3. The highest BCUT2D eigenvalue weighted by Gasteiger charge is 2.29. The van der Waals surface area contributed by atoms with Crippen LogP contribution >= 0.6 is 0 Å². The van der Waals surface area contributed by atoms with Gasteiger partial charge in [-0.3, -0.25) is 0 Å². The topological polar surface area (TPSA) is 83.8 Å². The van der Waals surface area contributed by atoms with Crippen molar-refractivity contribution in [2.45, 2.75) is 0 Å². The molecule has 4 rings (SSSR count). The molecular formula is C20H13BO5. The molecule has 0 aliphatic carbocycles. The minimum atomic E-state index is -1.48. The number of hydrogen-bond acceptors (Lipinski definition) is 5. The Morgan fingerprint density at radius 2 is 1.08 bits per heavy atom. The van der Waals surface area contributed by atoms with E-state index in [-0.39, 0.29) is 5.56 Å². The molecule has 0 atom stereocenters. The summed E-state index contributed by atoms with van der Waals surface area (Å²) in [6.07, 6.45) is 0. The van der Waals surface area contributed by atoms with Crippen molar-refractivity contribution in [3.63, 3.8) is 0 Å². The molecular weight excluding hydrogens is 331 g/mol. The standard InChI is InChI=1S/C20H13BO5/c22-19-17-10-7-15(11-18(17)20(23)26-19)14-3-1-12(2-4-14)13-5-8-16(9-6-13)21(24)25/h1-11,24-25H. The van der Waals surface area contributed by atoms with Crippen molar-refractivity contribution in [3.8, 4) is 22.3 Å². The molecule has 0 radical (unpaired) electrons. The fourth-order valence-corrected chi connectivity index (χ4v) is 2.97. The lowest BCUT2D eigenvalue weighted by atomic mass is 9.80. The Bertz CT molecular complexity index is 1010. The van der Waals surface area contributed by atoms with Crippen LogP contribution in [0.1, 0.15) is 20.7 Å². The Morgan fingerprint density at radius 1 is 0.615 bits per heavy atom. The maximum atomic E-state index is 11.7. The first kappa shape index (κ1) is 16.3. The zero-order valence-electron chi connectivity index (χ0n) is 13.5. The quantitative estimate of drug-likeness (QED) is 0.431. The normalized spacial score (nSPS) is 12.7. The molecule has 2 N–H and O–H groups in total. The van der Waals surface area contributed by atoms with Crippen molar-refractivity contribution in [3.05, 3.63) is 77.9 Å². The average Bonchev–Trinajstić information content (AvgIpc) is 2.95. The molecule has 0 unspecified atom stereocenters. The summed E-state index contributed by atoms with van der Waals surface area (Å²) >= 11 is 0. The van der Waals surface area contributed by atoms with Crippen LogP contribution in [0.5, 0.6) is 0 Å². The molecule has 3 aromatic rings. The smallest absolute Gasteiger partial charge is 0.423 e. The number of esters is 2. The van der Waals surface area contributed by atoms with Crippen LogP contribution in [0.4, 0.5) is 0 Å². The van der Waals surface area contributed by atoms with Crippen LogP contribution in [0.2, 0.25) is 0 Å². The predicted molar refractivity (Wildman–Crippen MR) is 96.9 cm³/mol. The van der Waals surface area contributed by atoms with Gasteiger partial charge < -0.3 is 14.8 Å². The van der Waals surface area contributed by atoms with Crippen LogP contribution in [-0.4, -0.2) is 29.1 Å². The number of cyclic esters (lactones) is 2. The van der Waals surface area contributed by atoms with Gasteiger partial charge in [0, 0.05) is 0 Å². The van der Waals surface area contributed by atoms with Gasteiger partial charge in [0.15, 0.2) is 0 Å². The maximum absolute atomic E-state index is 11.7. The van der Waals surface area contributed by atoms with E-state index in [1.165, 1.54) is 0 Å². The molecule has 1 heterocycles. The molecule has 26 heavy (non-hydrogen) atoms. The highest BCUT2D eigenvalue weighted by molar-refractivity contribution is 6.58. The predicted octanol–water partition coefficient (Wildman–Crippen LogP) is 2.01. The van der Waals surface area contributed by atoms with Gasteiger partial charge in [-0.2, -0.15) is 0 Å². The van der Waals surface area contributed by atoms with Gasteiger partial charge in [-0.1, -0.05) is 54.6 Å². The number of ether oxygens (including phenoxy) is 1. The highest BCUT2D eigenvalue weighted by atomic mass is 16.6. The van der Waals surface area contributed by atoms with E-state index in [0.717, 1.165) is 22.3 Å². The van der Waals surface area contributed by atoms with Crippen molar-refractivity contribution in [2.24, 2.45) is 0 Å². The van der Waals surface area contributed by atoms with E-state index >= 15 is 0 Å². The second-order valence-corrected chi connectivity index (χ2v) is 6.01. The molecule has 0 bridgehead atoms. The second-order valence-electron chi connectivity index (χ2n) is 6.01. The van der Waals surface area contributed by atoms with E-state index < -0.39 is 19.1 Å². The summed E-state index contributed by atoms with van der Waals surface area (Å²) in [4.78, 5) is 23.2. The lowest BCUT2D eigenvalue weighted by Gasteiger charge is -2.07. The molecule has 0 fully saturated rings. The minimum Gasteiger partial charge on any atom is -0.423 e. The van der Waals surface area contributed by atoms with Gasteiger partial charge in [0.1, 0.15) is 0 Å². The Hall–Kier alpha value is -3.22. The molecule has 6 heteroatoms. The first-order chi connectivity index (χ1) is 12.5. The molecule has 0 saturated carbocycles. The second kappa shape index (κ2) is 6.26. The van der Waals surface area contributed by atoms with Crippen LogP contribution in [-0.2, 0) is 4.74 Å². The van der Waals surface area contributed by atoms with Crippen molar-refractivity contribution in [1.29, 1.82) is 0 Å². The van der Waals surface area contributed by atoms with Crippen molar-refractivity contribution >= 4 is 24.5 Å². The lowest BCUT2D eigenvalue weighted by Crippen LogP contribution is -2.29. The molecule has 0 spiro atoms. The number of rotatable bonds is 3. The molecule has 1 aliphatic heterocycles. The third-order valence-corrected chi connectivity index (χ3v) is 4.41. The van der Waals surface area contributed by atoms with Crippen LogP contribution in [0, 0.1) is 0 Å². The van der Waals surface area contributed by atoms with Gasteiger partial charge in [-0.15, -0.1) is 0 Å². The first-order valence-electron chi connectivity index (χ1n) is 8.00. The molecule has 0 amide bonds. The molecule has 5 nitrogen and oxygen atoms in total. The summed E-state index contributed by atoms with van der Waals surface area (Å²) in [5.41, 5.74) is 4.67. The van der Waals surface area contributed by atoms with E-state index in [0.29, 0.717) is 11.0 Å². The van der Waals surface area contributed by atoms with E-state index in [1.54, 1.807) is 30.3 Å². The van der Waals surface area contributed by atoms with E-state index in [2.05, 4.69) is 4.74 Å². The number of benzene rings is 3. The average molecular weight is 344 g/mol. The van der Waals surface area contributed by atoms with Gasteiger partial charge in [0.2, 0.25) is 0 Å². The monoisotopic (exact) mass is 344 g/mol. The Labute approximate surface area is 149 Å². The van der Waals surface area contributed by atoms with Gasteiger partial charge in [-0.05, 0) is 39.8 Å². The summed E-state index contributed by atoms with van der Waals surface area (Å²) in [5, 5.41) is 18.3. The summed E-state index contributed by atoms with van der Waals surface area (Å²) < 4.78 is 4.61. The Morgan fingerprint density at radius 3 is 1.65 bits per heavy atom. The number of carbonyl (C=O) groups is 2. The number of fused-ring (bicyclic) bond motifs is 1. The minimum absolute atomic E-state index is 0.287. The van der Waals surface area contributed by atoms with E-state index in [4.69, 9.17) is 10.0 Å². The third kappa shape index (κ3) is 2.81. The van der Waals surface area contributed by atoms with Gasteiger partial charge in [0.05, 0.1) is 11.1 Å². The molecule has 3 aromatic carbocycles. The fraction of sp³-hybridized carbons (Fsp3) is 0. The largest absolute Gasteiger partial charge is 0.488 e. The SMILES string of the molecule is O=C1OC(=O)c2cc(-c3ccc(-c4ccc(B(O)O)cc4)cc3)ccc21. The maximum Gasteiger partial charge on any atom is 0.488 e. The van der Waals surface area contributed by atoms with Crippen LogP contribution < -0.4 is 5.46 Å². The molecule has 0 aromatic heterocycles. The van der Waals surface area contributed by atoms with Crippen LogP contribution in [0.3, 0.4) is 0 Å². The van der Waals surface area contributed by atoms with Crippen LogP contribution in [0.15, 0.2) is 66.7 Å². The lowest BCUT2D eigenvalue weighted by molar-refractivity contribution is 0.0443. The zero-order valence-corrected chi connectivity index (χ0v) is 13.5. The molecule has 0 saturated heterocycles. The third-order valence-electron chi connectivity index (χ3n) is 4.41. The first-order valence-corrected chi connectivity index (χ1v) is 8.00. The number of carbonyl (C=O) groups excluding carboxylic acids is 2. The number of hydrogen-bond donors (Lipinski definition) is 2. The summed E-state index contributed by atoms with van der Waals surface area (Å²) in [6.45, 7) is 0. The molecule has 126 valence electrons. The summed E-state index contributed by atoms with van der Waals surface area (Å²) in [6, 6.07) is 19.7. The van der Waals surface area contributed by atoms with Gasteiger partial charge >= 0.3 is 19.1 Å². The van der Waals surface area contributed by atoms with Gasteiger partial charge in [-0.25, -0.2) is 9.59 Å². The van der Waals surface area contributed by atoms with Crippen molar-refractivity contribution < 1.29 is 24.4 Å². The van der Waals surface area contributed by atoms with E-state index in [1.807, 2.05) is 36.4 Å². The Kier molecular flexibility index (Phi) is 3.91. The summed E-state index contributed by atoms with van der Waals surface area (Å²) in [5.74, 6) is -1.22. The Balaban J connectivity index is 1.63. The fourth-order valence-electron chi connectivity index (χ4n) is 2.97. The molecule has 1 aliphatic rings. The van der Waals surface area contributed by atoms with Crippen LogP contribution in [0.25, 0.3) is 22.3 Å². The van der Waals surface area contributed by atoms with Crippen molar-refractivity contribution in [2.75, 3.05) is 0 Å². The van der Waals surface area contributed by atoms with Crippen molar-refractivity contribution in [1.82, 2.24) is 0 Å². The summed E-state index contributed by atoms with van der Waals surface area (Å²) in [7, 11) is -1.48. The van der Waals surface area contributed by atoms with E-state index in [9.17, 15) is 9.59 Å². The highest BCUT2D eigenvalue weighted by Crippen LogP contribution is 2.28. The van der Waals surface area contributed by atoms with Gasteiger partial charge in [0.25, 0.3) is 0 Å².